The van der Waals surface area contributed by atoms with Crippen LogP contribution in [-0.4, -0.2) is 29.3 Å². The molecule has 22 heavy (non-hydrogen) atoms. The van der Waals surface area contributed by atoms with E-state index in [1.165, 1.54) is 10.6 Å². The number of ether oxygens (including phenoxy) is 1. The Morgan fingerprint density at radius 2 is 2.14 bits per heavy atom. The summed E-state index contributed by atoms with van der Waals surface area (Å²) >= 11 is 0. The fourth-order valence-electron chi connectivity index (χ4n) is 2.49. The van der Waals surface area contributed by atoms with Crippen LogP contribution in [0.3, 0.4) is 0 Å². The molecule has 0 amide bonds. The Kier molecular flexibility index (Phi) is 3.84. The lowest BCUT2D eigenvalue weighted by Crippen LogP contribution is -2.25. The molecule has 0 unspecified atom stereocenters. The fourth-order valence-corrected chi connectivity index (χ4v) is 3.96. The van der Waals surface area contributed by atoms with Crippen molar-refractivity contribution in [2.24, 2.45) is 0 Å². The Balaban J connectivity index is 1.90. The third-order valence-electron chi connectivity index (χ3n) is 3.64. The van der Waals surface area contributed by atoms with Crippen molar-refractivity contribution in [2.45, 2.75) is 31.8 Å². The number of sulfonamides is 1. The van der Waals surface area contributed by atoms with Crippen LogP contribution >= 0.6 is 0 Å². The van der Waals surface area contributed by atoms with Gasteiger partial charge in [0.15, 0.2) is 0 Å². The van der Waals surface area contributed by atoms with Crippen molar-refractivity contribution in [3.05, 3.63) is 47.5 Å². The molecular weight excluding hydrogens is 302 g/mol. The van der Waals surface area contributed by atoms with Gasteiger partial charge >= 0.3 is 0 Å². The van der Waals surface area contributed by atoms with Gasteiger partial charge < -0.3 is 4.74 Å². The van der Waals surface area contributed by atoms with E-state index >= 15 is 0 Å². The van der Waals surface area contributed by atoms with Crippen LogP contribution in [0.25, 0.3) is 0 Å². The molecule has 6 nitrogen and oxygen atoms in total. The van der Waals surface area contributed by atoms with Gasteiger partial charge in [-0.15, -0.1) is 0 Å². The van der Waals surface area contributed by atoms with Gasteiger partial charge in [0.2, 0.25) is 10.0 Å². The Morgan fingerprint density at radius 1 is 1.32 bits per heavy atom. The zero-order chi connectivity index (χ0) is 15.7. The molecule has 2 heterocycles. The van der Waals surface area contributed by atoms with Crippen molar-refractivity contribution in [1.29, 1.82) is 0 Å². The summed E-state index contributed by atoms with van der Waals surface area (Å²) in [5.41, 5.74) is 2.43. The minimum atomic E-state index is -3.55. The van der Waals surface area contributed by atoms with Gasteiger partial charge in [-0.2, -0.15) is 4.31 Å². The molecule has 2 aromatic rings. The lowest BCUT2D eigenvalue weighted by atomic mass is 10.2. The van der Waals surface area contributed by atoms with Gasteiger partial charge in [0, 0.05) is 18.3 Å². The van der Waals surface area contributed by atoms with Crippen LogP contribution < -0.4 is 4.74 Å². The molecule has 0 N–H and O–H groups in total. The standard InChI is InChI=1S/C15H17N3O3S/c1-3-21-15-5-4-13(6-11(15)2)22(19,20)18-8-12-7-16-10-17-14(12)9-18/h4-7,10H,3,8-9H2,1-2H3. The second-order valence-electron chi connectivity index (χ2n) is 5.13. The van der Waals surface area contributed by atoms with Crippen molar-refractivity contribution < 1.29 is 13.2 Å². The van der Waals surface area contributed by atoms with E-state index in [4.69, 9.17) is 4.74 Å². The van der Waals surface area contributed by atoms with Crippen molar-refractivity contribution in [1.82, 2.24) is 14.3 Å². The highest BCUT2D eigenvalue weighted by molar-refractivity contribution is 7.89. The van der Waals surface area contributed by atoms with Crippen molar-refractivity contribution in [3.8, 4) is 5.75 Å². The maximum Gasteiger partial charge on any atom is 0.243 e. The topological polar surface area (TPSA) is 72.4 Å². The molecule has 1 aromatic carbocycles. The summed E-state index contributed by atoms with van der Waals surface area (Å²) in [4.78, 5) is 8.35. The van der Waals surface area contributed by atoms with Gasteiger partial charge in [0.05, 0.1) is 23.7 Å². The first-order chi connectivity index (χ1) is 10.5. The number of hydrogen-bond acceptors (Lipinski definition) is 5. The molecule has 1 aliphatic heterocycles. The van der Waals surface area contributed by atoms with E-state index in [2.05, 4.69) is 9.97 Å². The lowest BCUT2D eigenvalue weighted by molar-refractivity contribution is 0.337. The second-order valence-corrected chi connectivity index (χ2v) is 7.07. The SMILES string of the molecule is CCOc1ccc(S(=O)(=O)N2Cc3cncnc3C2)cc1C. The average molecular weight is 319 g/mol. The monoisotopic (exact) mass is 319 g/mol. The van der Waals surface area contributed by atoms with Gasteiger partial charge in [-0.05, 0) is 37.6 Å². The molecule has 116 valence electrons. The predicted molar refractivity (Wildman–Crippen MR) is 80.8 cm³/mol. The van der Waals surface area contributed by atoms with Crippen LogP contribution in [0.15, 0.2) is 35.6 Å². The molecule has 7 heteroatoms. The maximum absolute atomic E-state index is 12.8. The van der Waals surface area contributed by atoms with Crippen molar-refractivity contribution >= 4 is 10.0 Å². The van der Waals surface area contributed by atoms with Crippen LogP contribution in [0.5, 0.6) is 5.75 Å². The first-order valence-electron chi connectivity index (χ1n) is 7.03. The number of fused-ring (bicyclic) bond motifs is 1. The van der Waals surface area contributed by atoms with E-state index in [1.807, 2.05) is 13.8 Å². The maximum atomic E-state index is 12.8. The smallest absolute Gasteiger partial charge is 0.243 e. The van der Waals surface area contributed by atoms with Crippen LogP contribution in [0.2, 0.25) is 0 Å². The highest BCUT2D eigenvalue weighted by Gasteiger charge is 2.31. The molecule has 0 saturated carbocycles. The van der Waals surface area contributed by atoms with Crippen LogP contribution in [0, 0.1) is 6.92 Å². The second kappa shape index (κ2) is 5.66. The van der Waals surface area contributed by atoms with Crippen molar-refractivity contribution in [3.63, 3.8) is 0 Å². The molecule has 0 spiro atoms. The molecular formula is C15H17N3O3S. The fraction of sp³-hybridized carbons (Fsp3) is 0.333. The van der Waals surface area contributed by atoms with Crippen LogP contribution in [0.1, 0.15) is 23.7 Å². The molecule has 0 aliphatic carbocycles. The van der Waals surface area contributed by atoms with Gasteiger partial charge in [-0.1, -0.05) is 0 Å². The number of aromatic nitrogens is 2. The molecule has 3 rings (SSSR count). The summed E-state index contributed by atoms with van der Waals surface area (Å²) in [6.45, 7) is 4.88. The van der Waals surface area contributed by atoms with E-state index < -0.39 is 10.0 Å². The summed E-state index contributed by atoms with van der Waals surface area (Å²) in [5, 5.41) is 0. The van der Waals surface area contributed by atoms with Gasteiger partial charge in [0.25, 0.3) is 0 Å². The van der Waals surface area contributed by atoms with E-state index in [0.717, 1.165) is 16.8 Å². The summed E-state index contributed by atoms with van der Waals surface area (Å²) in [6.07, 6.45) is 3.11. The Labute approximate surface area is 129 Å². The number of nitrogens with zero attached hydrogens (tertiary/aromatic N) is 3. The molecule has 0 fully saturated rings. The van der Waals surface area contributed by atoms with Gasteiger partial charge in [-0.25, -0.2) is 18.4 Å². The number of rotatable bonds is 4. The van der Waals surface area contributed by atoms with E-state index in [9.17, 15) is 8.42 Å². The number of hydrogen-bond donors (Lipinski definition) is 0. The number of aryl methyl sites for hydroxylation is 1. The molecule has 0 radical (unpaired) electrons. The minimum Gasteiger partial charge on any atom is -0.494 e. The zero-order valence-corrected chi connectivity index (χ0v) is 13.3. The third kappa shape index (κ3) is 2.57. The first-order valence-corrected chi connectivity index (χ1v) is 8.47. The van der Waals surface area contributed by atoms with Crippen LogP contribution in [-0.2, 0) is 23.1 Å². The van der Waals surface area contributed by atoms with Crippen molar-refractivity contribution in [2.75, 3.05) is 6.61 Å². The molecule has 0 bridgehead atoms. The van der Waals surface area contributed by atoms with Crippen LogP contribution in [0.4, 0.5) is 0 Å². The molecule has 1 aliphatic rings. The molecule has 1 aromatic heterocycles. The summed E-state index contributed by atoms with van der Waals surface area (Å²) in [6, 6.07) is 4.94. The summed E-state index contributed by atoms with van der Waals surface area (Å²) < 4.78 is 32.4. The Hall–Kier alpha value is -1.99. The number of benzene rings is 1. The normalized spacial score (nSPS) is 14.8. The van der Waals surface area contributed by atoms with E-state index in [1.54, 1.807) is 24.4 Å². The Morgan fingerprint density at radius 3 is 2.82 bits per heavy atom. The molecule has 0 atom stereocenters. The van der Waals surface area contributed by atoms with E-state index in [-0.39, 0.29) is 11.4 Å². The summed E-state index contributed by atoms with van der Waals surface area (Å²) in [5.74, 6) is 0.706. The highest BCUT2D eigenvalue weighted by Crippen LogP contribution is 2.29. The minimum absolute atomic E-state index is 0.272. The Bertz CT molecular complexity index is 780. The molecule has 0 saturated heterocycles. The summed E-state index contributed by atoms with van der Waals surface area (Å²) in [7, 11) is -3.55. The zero-order valence-electron chi connectivity index (χ0n) is 12.5. The highest BCUT2D eigenvalue weighted by atomic mass is 32.2. The quantitative estimate of drug-likeness (QED) is 0.860. The predicted octanol–water partition coefficient (Wildman–Crippen LogP) is 1.89. The average Bonchev–Trinajstić information content (AvgIpc) is 2.94. The van der Waals surface area contributed by atoms with E-state index in [0.29, 0.717) is 18.9 Å². The third-order valence-corrected chi connectivity index (χ3v) is 5.43. The largest absolute Gasteiger partial charge is 0.494 e. The van der Waals surface area contributed by atoms with Gasteiger partial charge in [-0.3, -0.25) is 0 Å². The van der Waals surface area contributed by atoms with Gasteiger partial charge in [0.1, 0.15) is 12.1 Å². The first kappa shape index (κ1) is 14.9. The lowest BCUT2D eigenvalue weighted by Gasteiger charge is -2.16.